The minimum Gasteiger partial charge on any atom is -0.317 e. The summed E-state index contributed by atoms with van der Waals surface area (Å²) in [5, 5.41) is 4.63. The van der Waals surface area contributed by atoms with E-state index in [9.17, 15) is 4.79 Å². The van der Waals surface area contributed by atoms with E-state index in [1.165, 1.54) is 10.9 Å². The van der Waals surface area contributed by atoms with Gasteiger partial charge in [0.05, 0.1) is 5.52 Å². The molecule has 0 saturated carbocycles. The average Bonchev–Trinajstić information content (AvgIpc) is 3.02. The maximum absolute atomic E-state index is 12.9. The van der Waals surface area contributed by atoms with Gasteiger partial charge in [0.15, 0.2) is 0 Å². The van der Waals surface area contributed by atoms with Crippen molar-refractivity contribution in [1.29, 1.82) is 0 Å². The van der Waals surface area contributed by atoms with E-state index in [-0.39, 0.29) is 5.91 Å². The van der Waals surface area contributed by atoms with Gasteiger partial charge >= 0.3 is 0 Å². The molecule has 2 heterocycles. The molecule has 0 radical (unpaired) electrons. The van der Waals surface area contributed by atoms with Gasteiger partial charge in [-0.25, -0.2) is 0 Å². The van der Waals surface area contributed by atoms with Gasteiger partial charge in [-0.2, -0.15) is 0 Å². The number of rotatable bonds is 2. The van der Waals surface area contributed by atoms with Gasteiger partial charge in [0.1, 0.15) is 0 Å². The molecule has 0 unspecified atom stereocenters. The van der Waals surface area contributed by atoms with Gasteiger partial charge in [-0.15, -0.1) is 0 Å². The highest BCUT2D eigenvalue weighted by atomic mass is 16.2. The first-order valence-electron chi connectivity index (χ1n) is 8.25. The molecule has 1 saturated heterocycles. The second-order valence-corrected chi connectivity index (χ2v) is 6.17. The number of benzene rings is 2. The Morgan fingerprint density at radius 2 is 1.65 bits per heavy atom. The third-order valence-corrected chi connectivity index (χ3v) is 4.76. The third kappa shape index (κ3) is 2.57. The van der Waals surface area contributed by atoms with Crippen LogP contribution in [0.25, 0.3) is 10.9 Å². The summed E-state index contributed by atoms with van der Waals surface area (Å²) in [6.07, 6.45) is 4.33. The first-order chi connectivity index (χ1) is 11.3. The van der Waals surface area contributed by atoms with E-state index in [1.54, 1.807) is 0 Å². The number of carbonyl (C=O) groups is 1. The van der Waals surface area contributed by atoms with Crippen molar-refractivity contribution in [3.8, 4) is 0 Å². The molecule has 1 N–H and O–H groups in total. The highest BCUT2D eigenvalue weighted by Crippen LogP contribution is 2.33. The van der Waals surface area contributed by atoms with E-state index >= 15 is 0 Å². The van der Waals surface area contributed by atoms with Crippen molar-refractivity contribution in [2.45, 2.75) is 18.8 Å². The number of aromatic nitrogens is 1. The van der Waals surface area contributed by atoms with Crippen molar-refractivity contribution >= 4 is 16.8 Å². The van der Waals surface area contributed by atoms with Crippen LogP contribution in [0.5, 0.6) is 0 Å². The molecule has 0 bridgehead atoms. The molecule has 0 atom stereocenters. The van der Waals surface area contributed by atoms with Crippen LogP contribution in [0, 0.1) is 0 Å². The lowest BCUT2D eigenvalue weighted by Gasteiger charge is -2.22. The first kappa shape index (κ1) is 14.2. The summed E-state index contributed by atoms with van der Waals surface area (Å²) < 4.78 is 1.82. The molecule has 3 aromatic rings. The van der Waals surface area contributed by atoms with Crippen molar-refractivity contribution in [2.24, 2.45) is 0 Å². The van der Waals surface area contributed by atoms with E-state index < -0.39 is 0 Å². The van der Waals surface area contributed by atoms with Gasteiger partial charge in [0.2, 0.25) is 0 Å². The Bertz CT molecular complexity index is 829. The molecule has 3 heteroatoms. The van der Waals surface area contributed by atoms with E-state index in [0.717, 1.165) is 37.0 Å². The molecular formula is C20H20N2O. The quantitative estimate of drug-likeness (QED) is 0.781. The molecular weight excluding hydrogens is 284 g/mol. The Hall–Kier alpha value is -2.39. The molecule has 1 aliphatic heterocycles. The van der Waals surface area contributed by atoms with Crippen LogP contribution >= 0.6 is 0 Å². The lowest BCUT2D eigenvalue weighted by Crippen LogP contribution is -2.26. The largest absolute Gasteiger partial charge is 0.317 e. The number of nitrogens with one attached hydrogen (secondary N) is 1. The molecule has 0 spiro atoms. The van der Waals surface area contributed by atoms with Gasteiger partial charge < -0.3 is 5.32 Å². The number of fused-ring (bicyclic) bond motifs is 1. The van der Waals surface area contributed by atoms with E-state index in [4.69, 9.17) is 0 Å². The normalized spacial score (nSPS) is 15.8. The lowest BCUT2D eigenvalue weighted by molar-refractivity contribution is 0.0965. The second kappa shape index (κ2) is 6.01. The zero-order valence-corrected chi connectivity index (χ0v) is 13.0. The maximum atomic E-state index is 12.9. The Balaban J connectivity index is 1.82. The van der Waals surface area contributed by atoms with E-state index in [2.05, 4.69) is 23.6 Å². The number of hydrogen-bond acceptors (Lipinski definition) is 2. The molecule has 3 nitrogen and oxygen atoms in total. The molecule has 2 aromatic carbocycles. The molecule has 0 amide bonds. The summed E-state index contributed by atoms with van der Waals surface area (Å²) in [5.74, 6) is 0.577. The van der Waals surface area contributed by atoms with E-state index in [0.29, 0.717) is 5.92 Å². The minimum atomic E-state index is 0.0435. The standard InChI is InChI=1S/C20H20N2O/c23-20(16-6-2-1-3-7-16)22-14-18(15-10-12-21-13-11-15)17-8-4-5-9-19(17)22/h1-9,14-15,21H,10-13H2. The summed E-state index contributed by atoms with van der Waals surface area (Å²) >= 11 is 0. The molecule has 116 valence electrons. The molecule has 23 heavy (non-hydrogen) atoms. The van der Waals surface area contributed by atoms with Crippen LogP contribution < -0.4 is 5.32 Å². The topological polar surface area (TPSA) is 34.0 Å². The predicted molar refractivity (Wildman–Crippen MR) is 93.0 cm³/mol. The summed E-state index contributed by atoms with van der Waals surface area (Å²) in [5.41, 5.74) is 3.05. The molecule has 4 rings (SSSR count). The van der Waals surface area contributed by atoms with Crippen molar-refractivity contribution in [3.05, 3.63) is 71.9 Å². The summed E-state index contributed by atoms with van der Waals surface area (Å²) in [7, 11) is 0. The smallest absolute Gasteiger partial charge is 0.262 e. The number of hydrogen-bond donors (Lipinski definition) is 1. The monoisotopic (exact) mass is 304 g/mol. The Morgan fingerprint density at radius 1 is 0.957 bits per heavy atom. The zero-order chi connectivity index (χ0) is 15.6. The van der Waals surface area contributed by atoms with Crippen molar-refractivity contribution < 1.29 is 4.79 Å². The van der Waals surface area contributed by atoms with E-state index in [1.807, 2.05) is 47.0 Å². The van der Waals surface area contributed by atoms with Crippen molar-refractivity contribution in [1.82, 2.24) is 9.88 Å². The van der Waals surface area contributed by atoms with Gasteiger partial charge in [-0.05, 0) is 55.6 Å². The number of piperidine rings is 1. The molecule has 1 aliphatic rings. The number of carbonyl (C=O) groups excluding carboxylic acids is 1. The average molecular weight is 304 g/mol. The number of nitrogens with zero attached hydrogens (tertiary/aromatic N) is 1. The van der Waals surface area contributed by atoms with Crippen LogP contribution in [0.2, 0.25) is 0 Å². The maximum Gasteiger partial charge on any atom is 0.262 e. The summed E-state index contributed by atoms with van der Waals surface area (Å²) in [4.78, 5) is 12.9. The van der Waals surface area contributed by atoms with Crippen LogP contribution in [-0.4, -0.2) is 23.6 Å². The lowest BCUT2D eigenvalue weighted by atomic mass is 9.90. The van der Waals surface area contributed by atoms with Gasteiger partial charge in [-0.3, -0.25) is 9.36 Å². The fourth-order valence-corrected chi connectivity index (χ4v) is 3.55. The van der Waals surface area contributed by atoms with Gasteiger partial charge in [0, 0.05) is 17.1 Å². The summed E-state index contributed by atoms with van der Waals surface area (Å²) in [6, 6.07) is 17.8. The third-order valence-electron chi connectivity index (χ3n) is 4.76. The van der Waals surface area contributed by atoms with Gasteiger partial charge in [-0.1, -0.05) is 36.4 Å². The van der Waals surface area contributed by atoms with Gasteiger partial charge in [0.25, 0.3) is 5.91 Å². The Kier molecular flexibility index (Phi) is 3.72. The van der Waals surface area contributed by atoms with Crippen LogP contribution in [0.4, 0.5) is 0 Å². The van der Waals surface area contributed by atoms with Crippen LogP contribution in [0.1, 0.15) is 34.7 Å². The highest BCUT2D eigenvalue weighted by Gasteiger charge is 2.22. The Labute approximate surface area is 135 Å². The van der Waals surface area contributed by atoms with Crippen LogP contribution in [0.3, 0.4) is 0 Å². The number of para-hydroxylation sites is 1. The van der Waals surface area contributed by atoms with Crippen molar-refractivity contribution in [2.75, 3.05) is 13.1 Å². The SMILES string of the molecule is O=C(c1ccccc1)n1cc(C2CCNCC2)c2ccccc21. The molecule has 0 aliphatic carbocycles. The molecule has 1 aromatic heterocycles. The predicted octanol–water partition coefficient (Wildman–Crippen LogP) is 3.80. The molecule has 1 fully saturated rings. The fraction of sp³-hybridized carbons (Fsp3) is 0.250. The minimum absolute atomic E-state index is 0.0435. The van der Waals surface area contributed by atoms with Crippen LogP contribution in [0.15, 0.2) is 60.8 Å². The second-order valence-electron chi connectivity index (χ2n) is 6.17. The Morgan fingerprint density at radius 3 is 2.43 bits per heavy atom. The summed E-state index contributed by atoms with van der Waals surface area (Å²) in [6.45, 7) is 2.10. The zero-order valence-electron chi connectivity index (χ0n) is 13.0. The highest BCUT2D eigenvalue weighted by molar-refractivity contribution is 6.03. The fourth-order valence-electron chi connectivity index (χ4n) is 3.55. The first-order valence-corrected chi connectivity index (χ1v) is 8.25. The van der Waals surface area contributed by atoms with Crippen LogP contribution in [-0.2, 0) is 0 Å². The van der Waals surface area contributed by atoms with Crippen molar-refractivity contribution in [3.63, 3.8) is 0 Å².